The quantitative estimate of drug-likeness (QED) is 0.863. The van der Waals surface area contributed by atoms with Crippen LogP contribution in [0.2, 0.25) is 0 Å². The molecule has 1 aromatic carbocycles. The van der Waals surface area contributed by atoms with Crippen molar-refractivity contribution in [2.24, 2.45) is 0 Å². The summed E-state index contributed by atoms with van der Waals surface area (Å²) in [5.41, 5.74) is 1.82. The predicted octanol–water partition coefficient (Wildman–Crippen LogP) is 3.11. The Morgan fingerprint density at radius 2 is 1.95 bits per heavy atom. The monoisotopic (exact) mass is 306 g/mol. The first kappa shape index (κ1) is 18.4. The number of halogens is 3. The third-order valence-corrected chi connectivity index (χ3v) is 3.24. The summed E-state index contributed by atoms with van der Waals surface area (Å²) in [5, 5.41) is 3.30. The predicted molar refractivity (Wildman–Crippen MR) is 83.0 cm³/mol. The maximum atomic E-state index is 13.9. The molecule has 0 radical (unpaired) electrons. The second kappa shape index (κ2) is 8.54. The van der Waals surface area contributed by atoms with Gasteiger partial charge >= 0.3 is 0 Å². The van der Waals surface area contributed by atoms with Gasteiger partial charge in [-0.1, -0.05) is 23.8 Å². The molecule has 1 atom stereocenters. The fourth-order valence-corrected chi connectivity index (χ4v) is 2.32. The molecule has 108 valence electrons. The highest BCUT2D eigenvalue weighted by molar-refractivity contribution is 5.85. The largest absolute Gasteiger partial charge is 0.314 e. The molecule has 1 saturated heterocycles. The molecule has 1 heterocycles. The van der Waals surface area contributed by atoms with Crippen molar-refractivity contribution in [3.05, 3.63) is 47.8 Å². The van der Waals surface area contributed by atoms with Gasteiger partial charge in [0.1, 0.15) is 5.82 Å². The molecule has 0 aromatic heterocycles. The highest BCUT2D eigenvalue weighted by Crippen LogP contribution is 2.25. The number of hydrogen-bond acceptors (Lipinski definition) is 2. The van der Waals surface area contributed by atoms with Gasteiger partial charge in [0.15, 0.2) is 0 Å². The second-order valence-electron chi connectivity index (χ2n) is 4.49. The molecule has 0 aliphatic carbocycles. The van der Waals surface area contributed by atoms with Gasteiger partial charge in [-0.25, -0.2) is 4.39 Å². The van der Waals surface area contributed by atoms with Gasteiger partial charge in [-0.2, -0.15) is 0 Å². The number of nitrogens with zero attached hydrogens (tertiary/aromatic N) is 1. The first-order valence-corrected chi connectivity index (χ1v) is 6.06. The summed E-state index contributed by atoms with van der Waals surface area (Å²) in [6.07, 6.45) is 1.84. The Hall–Kier alpha value is -0.610. The smallest absolute Gasteiger partial charge is 0.128 e. The Balaban J connectivity index is 0.00000162. The second-order valence-corrected chi connectivity index (χ2v) is 4.49. The molecule has 0 bridgehead atoms. The summed E-state index contributed by atoms with van der Waals surface area (Å²) in [6, 6.07) is 5.25. The molecule has 0 amide bonds. The Morgan fingerprint density at radius 1 is 1.32 bits per heavy atom. The molecule has 2 rings (SSSR count). The summed E-state index contributed by atoms with van der Waals surface area (Å²) in [5.74, 6) is -0.140. The Kier molecular flexibility index (Phi) is 8.26. The van der Waals surface area contributed by atoms with E-state index in [1.165, 1.54) is 0 Å². The van der Waals surface area contributed by atoms with Crippen LogP contribution in [0.5, 0.6) is 0 Å². The lowest BCUT2D eigenvalue weighted by atomic mass is 10.0. The summed E-state index contributed by atoms with van der Waals surface area (Å²) in [6.45, 7) is 9.62. The molecular weight excluding hydrogens is 286 g/mol. The molecular formula is C14H21Cl2FN2. The van der Waals surface area contributed by atoms with E-state index >= 15 is 0 Å². The zero-order valence-corrected chi connectivity index (χ0v) is 12.7. The first-order valence-electron chi connectivity index (χ1n) is 6.06. The zero-order chi connectivity index (χ0) is 12.3. The topological polar surface area (TPSA) is 15.3 Å². The van der Waals surface area contributed by atoms with Crippen LogP contribution in [0.3, 0.4) is 0 Å². The molecule has 1 aliphatic heterocycles. The van der Waals surface area contributed by atoms with Crippen LogP contribution in [0, 0.1) is 12.7 Å². The van der Waals surface area contributed by atoms with E-state index in [0.29, 0.717) is 0 Å². The minimum absolute atomic E-state index is 0. The third-order valence-electron chi connectivity index (χ3n) is 3.24. The molecule has 1 fully saturated rings. The van der Waals surface area contributed by atoms with Crippen molar-refractivity contribution in [1.82, 2.24) is 10.2 Å². The number of piperazine rings is 1. The van der Waals surface area contributed by atoms with E-state index in [0.717, 1.165) is 37.3 Å². The van der Waals surface area contributed by atoms with Gasteiger partial charge in [-0.15, -0.1) is 31.4 Å². The van der Waals surface area contributed by atoms with Crippen LogP contribution < -0.4 is 5.32 Å². The summed E-state index contributed by atoms with van der Waals surface area (Å²) in [4.78, 5) is 2.27. The zero-order valence-electron chi connectivity index (χ0n) is 11.1. The molecule has 2 nitrogen and oxygen atoms in total. The first-order chi connectivity index (χ1) is 8.22. The summed E-state index contributed by atoms with van der Waals surface area (Å²) < 4.78 is 13.9. The van der Waals surface area contributed by atoms with Crippen LogP contribution in [0.4, 0.5) is 4.39 Å². The maximum Gasteiger partial charge on any atom is 0.128 e. The standard InChI is InChI=1S/C14H19FN2.2ClH/c1-3-14(17-8-6-16-7-9-17)12-10-11(2)4-5-13(12)15;;/h3-5,10,14,16H,1,6-9H2,2H3;2*1H/t14-;;/m0../s1. The van der Waals surface area contributed by atoms with Crippen LogP contribution in [0.25, 0.3) is 0 Å². The van der Waals surface area contributed by atoms with Crippen LogP contribution >= 0.6 is 24.8 Å². The van der Waals surface area contributed by atoms with Gasteiger partial charge in [0.05, 0.1) is 6.04 Å². The third kappa shape index (κ3) is 4.46. The highest BCUT2D eigenvalue weighted by atomic mass is 35.5. The summed E-state index contributed by atoms with van der Waals surface area (Å²) >= 11 is 0. The van der Waals surface area contributed by atoms with Gasteiger partial charge in [-0.3, -0.25) is 4.90 Å². The Bertz CT molecular complexity index is 406. The molecule has 0 unspecified atom stereocenters. The van der Waals surface area contributed by atoms with E-state index in [2.05, 4.69) is 16.8 Å². The van der Waals surface area contributed by atoms with Gasteiger partial charge in [-0.05, 0) is 13.0 Å². The van der Waals surface area contributed by atoms with E-state index < -0.39 is 0 Å². The molecule has 5 heteroatoms. The average Bonchev–Trinajstić information content (AvgIpc) is 2.36. The fourth-order valence-electron chi connectivity index (χ4n) is 2.32. The fraction of sp³-hybridized carbons (Fsp3) is 0.429. The van der Waals surface area contributed by atoms with Gasteiger partial charge in [0.25, 0.3) is 0 Å². The molecule has 0 spiro atoms. The van der Waals surface area contributed by atoms with Crippen molar-refractivity contribution in [1.29, 1.82) is 0 Å². The lowest BCUT2D eigenvalue weighted by Gasteiger charge is -2.33. The van der Waals surface area contributed by atoms with E-state index in [-0.39, 0.29) is 36.7 Å². The van der Waals surface area contributed by atoms with E-state index in [9.17, 15) is 4.39 Å². The number of hydrogen-bond donors (Lipinski definition) is 1. The summed E-state index contributed by atoms with van der Waals surface area (Å²) in [7, 11) is 0. The minimum atomic E-state index is -0.140. The van der Waals surface area contributed by atoms with Crippen LogP contribution in [0.15, 0.2) is 30.9 Å². The van der Waals surface area contributed by atoms with Gasteiger partial charge < -0.3 is 5.32 Å². The van der Waals surface area contributed by atoms with Crippen molar-refractivity contribution in [2.45, 2.75) is 13.0 Å². The van der Waals surface area contributed by atoms with Crippen molar-refractivity contribution in [3.8, 4) is 0 Å². The number of aryl methyl sites for hydroxylation is 1. The normalized spacial score (nSPS) is 16.9. The van der Waals surface area contributed by atoms with E-state index in [1.54, 1.807) is 12.1 Å². The minimum Gasteiger partial charge on any atom is -0.314 e. The molecule has 1 N–H and O–H groups in total. The Labute approximate surface area is 126 Å². The molecule has 1 aromatic rings. The van der Waals surface area contributed by atoms with Crippen molar-refractivity contribution in [3.63, 3.8) is 0 Å². The van der Waals surface area contributed by atoms with Gasteiger partial charge in [0.2, 0.25) is 0 Å². The van der Waals surface area contributed by atoms with Crippen molar-refractivity contribution < 1.29 is 4.39 Å². The highest BCUT2D eigenvalue weighted by Gasteiger charge is 2.21. The van der Waals surface area contributed by atoms with Crippen LogP contribution in [-0.2, 0) is 0 Å². The number of rotatable bonds is 3. The molecule has 19 heavy (non-hydrogen) atoms. The number of benzene rings is 1. The Morgan fingerprint density at radius 3 is 2.53 bits per heavy atom. The lowest BCUT2D eigenvalue weighted by Crippen LogP contribution is -2.44. The van der Waals surface area contributed by atoms with Crippen molar-refractivity contribution in [2.75, 3.05) is 26.2 Å². The van der Waals surface area contributed by atoms with Crippen molar-refractivity contribution >= 4 is 24.8 Å². The maximum absolute atomic E-state index is 13.9. The van der Waals surface area contributed by atoms with Crippen LogP contribution in [-0.4, -0.2) is 31.1 Å². The van der Waals surface area contributed by atoms with Crippen LogP contribution in [0.1, 0.15) is 17.2 Å². The molecule has 0 saturated carbocycles. The average molecular weight is 307 g/mol. The van der Waals surface area contributed by atoms with Gasteiger partial charge in [0, 0.05) is 31.7 Å². The lowest BCUT2D eigenvalue weighted by molar-refractivity contribution is 0.200. The van der Waals surface area contributed by atoms with E-state index in [4.69, 9.17) is 0 Å². The number of nitrogens with one attached hydrogen (secondary N) is 1. The SMILES string of the molecule is C=C[C@@H](c1cc(C)ccc1F)N1CCNCC1.Cl.Cl. The van der Waals surface area contributed by atoms with E-state index in [1.807, 2.05) is 19.1 Å². The molecule has 1 aliphatic rings.